The number of carbonyl (C=O) groups is 4. The van der Waals surface area contributed by atoms with Crippen molar-refractivity contribution in [1.82, 2.24) is 4.90 Å². The van der Waals surface area contributed by atoms with Crippen molar-refractivity contribution in [3.8, 4) is 0 Å². The molecule has 27 heteroatoms. The lowest BCUT2D eigenvalue weighted by Crippen LogP contribution is -3.07. The number of carboxylic acids is 1. The lowest BCUT2D eigenvalue weighted by Gasteiger charge is -2.29. The quantitative estimate of drug-likeness (QED) is 0.0516. The van der Waals surface area contributed by atoms with E-state index in [0.717, 1.165) is 42.2 Å². The fourth-order valence-electron chi connectivity index (χ4n) is 4.48. The van der Waals surface area contributed by atoms with Gasteiger partial charge in [-0.3, -0.25) is 9.59 Å². The minimum absolute atomic E-state index is 0.0340. The van der Waals surface area contributed by atoms with Gasteiger partial charge in [0, 0.05) is 29.7 Å². The van der Waals surface area contributed by atoms with Crippen LogP contribution in [0.3, 0.4) is 0 Å². The summed E-state index contributed by atoms with van der Waals surface area (Å²) in [6.45, 7) is 14.1. The number of ether oxygens (including phenoxy) is 3. The van der Waals surface area contributed by atoms with Gasteiger partial charge in [-0.25, -0.2) is 22.4 Å². The van der Waals surface area contributed by atoms with Crippen molar-refractivity contribution in [1.29, 1.82) is 0 Å². The summed E-state index contributed by atoms with van der Waals surface area (Å²) in [5.41, 5.74) is -5.39. The van der Waals surface area contributed by atoms with Crippen LogP contribution in [0.2, 0.25) is 0 Å². The van der Waals surface area contributed by atoms with Crippen molar-refractivity contribution in [2.75, 3.05) is 47.9 Å². The molecule has 0 aliphatic rings. The van der Waals surface area contributed by atoms with Crippen LogP contribution in [0.4, 0.5) is 57.1 Å². The third-order valence-electron chi connectivity index (χ3n) is 9.96. The average molecular weight is 1420 g/mol. The van der Waals surface area contributed by atoms with E-state index in [1.165, 1.54) is 17.0 Å². The van der Waals surface area contributed by atoms with Crippen molar-refractivity contribution < 1.29 is 106 Å². The van der Waals surface area contributed by atoms with Gasteiger partial charge in [0.1, 0.15) is 13.2 Å². The number of carboxylic acid groups (broad SMARTS) is 1. The van der Waals surface area contributed by atoms with Crippen LogP contribution in [-0.4, -0.2) is 124 Å². The van der Waals surface area contributed by atoms with E-state index >= 15 is 0 Å². The van der Waals surface area contributed by atoms with Crippen molar-refractivity contribution in [3.63, 3.8) is 0 Å². The molecule has 0 aliphatic carbocycles. The Morgan fingerprint density at radius 2 is 1.18 bits per heavy atom. The molecule has 73 heavy (non-hydrogen) atoms. The summed E-state index contributed by atoms with van der Waals surface area (Å²) in [4.78, 5) is 48.2. The number of aromatic carboxylic acids is 1. The van der Waals surface area contributed by atoms with E-state index in [-0.39, 0.29) is 41.5 Å². The second kappa shape index (κ2) is 32.3. The van der Waals surface area contributed by atoms with Crippen molar-refractivity contribution in [2.45, 2.75) is 137 Å². The van der Waals surface area contributed by atoms with Gasteiger partial charge in [-0.05, 0) is 158 Å². The molecule has 2 atom stereocenters. The molecule has 11 nitrogen and oxygen atoms in total. The van der Waals surface area contributed by atoms with Crippen LogP contribution in [0, 0.1) is 21.5 Å². The number of likely N-dealkylation sites (N-methyl/N-ethyl adjacent to an activating group) is 2. The number of nitrogens with one attached hydrogen (secondary N) is 1. The molecule has 0 saturated carbocycles. The summed E-state index contributed by atoms with van der Waals surface area (Å²) < 4.78 is 170. The number of hydrogen-bond acceptors (Lipinski definition) is 10. The number of aliphatic hydroxyl groups is 1. The zero-order chi connectivity index (χ0) is 58.5. The average Bonchev–Trinajstić information content (AvgIpc) is 3.24. The second-order valence-corrected chi connectivity index (χ2v) is 21.5. The van der Waals surface area contributed by atoms with E-state index in [0.29, 0.717) is 6.42 Å². The van der Waals surface area contributed by atoms with Gasteiger partial charge in [0.15, 0.2) is 12.7 Å². The van der Waals surface area contributed by atoms with Crippen LogP contribution < -0.4 is 10.0 Å². The summed E-state index contributed by atoms with van der Waals surface area (Å²) in [6.07, 6.45) is -18.4. The standard InChI is InChI=1S/C15H16F6O3.C13H28N2O2.C8H13F3O2.C7H3I3O2.C3H4F4/c1-3-9(2)11-6-4-10(5-7-11)8-24-12(22)13(23,14(16,17)18)15(19,20)21;1-8-13(2,3)12(16)17-11(9-14(4)5)10-15(6)7;1-4-7(2,3)6(12)13-5-8(9,10)11;8-3-1-4(7(11)12)6(10)5(9)2-3;1-3(6,7)2(4)5/h4-7,9,23H,3,8H2,1-2H3;11H,8-10H2,1-7H3;4-5H2,1-3H3;1-2H,(H,11,12);2H,1H3. The molecule has 0 aliphatic heterocycles. The number of quaternary nitrogens is 1. The van der Waals surface area contributed by atoms with Gasteiger partial charge in [0.05, 0.1) is 30.9 Å². The molecule has 424 valence electrons. The number of halogens is 16. The molecule has 0 fully saturated rings. The van der Waals surface area contributed by atoms with E-state index in [9.17, 15) is 81.4 Å². The smallest absolute Gasteiger partial charge is 0.437 e. The fourth-order valence-corrected chi connectivity index (χ4v) is 6.85. The molecule has 0 bridgehead atoms. The maximum absolute atomic E-state index is 12.5. The lowest BCUT2D eigenvalue weighted by molar-refractivity contribution is -0.861. The van der Waals surface area contributed by atoms with E-state index in [1.54, 1.807) is 39.0 Å². The summed E-state index contributed by atoms with van der Waals surface area (Å²) in [6, 6.07) is 9.66. The predicted molar refractivity (Wildman–Crippen MR) is 269 cm³/mol. The molecule has 0 saturated heterocycles. The lowest BCUT2D eigenvalue weighted by atomic mass is 9.90. The molecule has 2 rings (SSSR count). The summed E-state index contributed by atoms with van der Waals surface area (Å²) in [5, 5.41) is 19.5. The number of nitrogens with zero attached hydrogens (tertiary/aromatic N) is 1. The highest BCUT2D eigenvalue weighted by Crippen LogP contribution is 2.44. The molecular formula is C46H64F13I3N2O9. The largest absolute Gasteiger partial charge is 0.545 e. The predicted octanol–water partition coefficient (Wildman–Crippen LogP) is 10.4. The summed E-state index contributed by atoms with van der Waals surface area (Å²) in [5.74, 6) is -8.44. The molecule has 2 N–H and O–H groups in total. The van der Waals surface area contributed by atoms with Crippen LogP contribution >= 0.6 is 67.8 Å². The Morgan fingerprint density at radius 1 is 0.740 bits per heavy atom. The van der Waals surface area contributed by atoms with E-state index in [1.807, 2.05) is 77.4 Å². The van der Waals surface area contributed by atoms with Crippen LogP contribution in [0.25, 0.3) is 0 Å². The van der Waals surface area contributed by atoms with Crippen LogP contribution in [0.5, 0.6) is 0 Å². The van der Waals surface area contributed by atoms with Crippen LogP contribution in [0.15, 0.2) is 36.4 Å². The molecule has 0 radical (unpaired) electrons. The normalized spacial score (nSPS) is 13.2. The molecule has 2 aromatic rings. The van der Waals surface area contributed by atoms with Crippen LogP contribution in [0.1, 0.15) is 109 Å². The van der Waals surface area contributed by atoms with Crippen molar-refractivity contribution in [3.05, 3.63) is 63.8 Å². The number of esters is 3. The number of benzene rings is 2. The number of hydrogen-bond donors (Lipinski definition) is 2. The monoisotopic (exact) mass is 1420 g/mol. The first-order chi connectivity index (χ1) is 32.7. The van der Waals surface area contributed by atoms with Gasteiger partial charge in [-0.2, -0.15) is 39.5 Å². The zero-order valence-electron chi connectivity index (χ0n) is 42.4. The molecule has 0 spiro atoms. The van der Waals surface area contributed by atoms with E-state index < -0.39 is 73.0 Å². The first kappa shape index (κ1) is 74.7. The third kappa shape index (κ3) is 29.0. The Hall–Kier alpha value is -2.52. The fraction of sp³-hybridized carbons (Fsp3) is 0.652. The second-order valence-electron chi connectivity index (χ2n) is 18.0. The van der Waals surface area contributed by atoms with E-state index in [2.05, 4.69) is 73.7 Å². The van der Waals surface area contributed by atoms with Gasteiger partial charge < -0.3 is 39.0 Å². The topological polar surface area (TPSA) is 147 Å². The minimum Gasteiger partial charge on any atom is -0.545 e. The van der Waals surface area contributed by atoms with Gasteiger partial charge >= 0.3 is 54.4 Å². The first-order valence-corrected chi connectivity index (χ1v) is 24.9. The van der Waals surface area contributed by atoms with Gasteiger partial charge in [0.25, 0.3) is 0 Å². The Morgan fingerprint density at radius 3 is 1.52 bits per heavy atom. The molecule has 0 aromatic heterocycles. The maximum atomic E-state index is 12.5. The molecule has 0 amide bonds. The Kier molecular flexibility index (Phi) is 33.0. The Labute approximate surface area is 458 Å². The highest BCUT2D eigenvalue weighted by Gasteiger charge is 2.76. The van der Waals surface area contributed by atoms with Gasteiger partial charge in [-0.15, -0.1) is 0 Å². The van der Waals surface area contributed by atoms with E-state index in [4.69, 9.17) is 9.84 Å². The van der Waals surface area contributed by atoms with Crippen LogP contribution in [-0.2, 0) is 35.2 Å². The van der Waals surface area contributed by atoms with Gasteiger partial charge in [0.2, 0.25) is 0 Å². The molecule has 2 unspecified atom stereocenters. The minimum atomic E-state index is -6.25. The molecule has 0 heterocycles. The zero-order valence-corrected chi connectivity index (χ0v) is 48.8. The Bertz CT molecular complexity index is 1970. The van der Waals surface area contributed by atoms with Crippen molar-refractivity contribution in [2.24, 2.45) is 10.8 Å². The Balaban J connectivity index is -0.000000884. The third-order valence-corrected chi connectivity index (χ3v) is 13.6. The number of rotatable bonds is 17. The first-order valence-electron chi connectivity index (χ1n) is 21.7. The highest BCUT2D eigenvalue weighted by atomic mass is 127. The maximum Gasteiger partial charge on any atom is 0.437 e. The molecule has 2 aromatic carbocycles. The number of alkyl halides is 13. The van der Waals surface area contributed by atoms with Crippen molar-refractivity contribution >= 4 is 91.6 Å². The molecular weight excluding hydrogens is 1350 g/mol. The summed E-state index contributed by atoms with van der Waals surface area (Å²) >= 11 is 6.19. The SMILES string of the molecule is CC(F)(F)C(F)F.CCC(C)(C)C(=O)OC(CN(C)C)C[NH+](C)C.CCC(C)(C)C(=O)OCC(F)(F)F.CCC(C)c1ccc(COC(=O)C(O)(C(F)(F)F)C(F)(F)F)cc1.O=C([O-])c1cc(I)cc(I)c1I. The highest BCUT2D eigenvalue weighted by molar-refractivity contribution is 14.1. The summed E-state index contributed by atoms with van der Waals surface area (Å²) in [7, 11) is 8.14. The number of carbonyl (C=O) groups excluding carboxylic acids is 4. The van der Waals surface area contributed by atoms with Gasteiger partial charge in [-0.1, -0.05) is 52.0 Å².